The van der Waals surface area contributed by atoms with Crippen LogP contribution < -0.4 is 17.2 Å². The van der Waals surface area contributed by atoms with Gasteiger partial charge < -0.3 is 91.2 Å². The summed E-state index contributed by atoms with van der Waals surface area (Å²) in [5, 5.41) is 84.1. The maximum atomic E-state index is 13.1. The number of carbonyl (C=O) groups excluding carboxylic acids is 2. The van der Waals surface area contributed by atoms with E-state index in [-0.39, 0.29) is 11.1 Å². The van der Waals surface area contributed by atoms with E-state index >= 15 is 0 Å². The van der Waals surface area contributed by atoms with E-state index in [1.54, 1.807) is 0 Å². The molecule has 46 heavy (non-hydrogen) atoms. The molecular weight excluding hydrogens is 626 g/mol. The van der Waals surface area contributed by atoms with Crippen molar-refractivity contribution in [3.8, 4) is 0 Å². The summed E-state index contributed by atoms with van der Waals surface area (Å²) in [6, 6.07) is 0.473. The van der Waals surface area contributed by atoms with Crippen LogP contribution in [0.4, 0.5) is 0 Å². The summed E-state index contributed by atoms with van der Waals surface area (Å²) in [7, 11) is 0. The lowest BCUT2D eigenvalue weighted by Gasteiger charge is -2.54. The molecule has 0 spiro atoms. The molecule has 3 saturated heterocycles. The van der Waals surface area contributed by atoms with Crippen molar-refractivity contribution >= 4 is 11.9 Å². The van der Waals surface area contributed by atoms with Crippen molar-refractivity contribution in [1.82, 2.24) is 0 Å². The molecular formula is C26H37N3O17. The molecule has 3 fully saturated rings. The molecule has 0 aliphatic carbocycles. The van der Waals surface area contributed by atoms with Gasteiger partial charge in [-0.1, -0.05) is 12.1 Å². The van der Waals surface area contributed by atoms with E-state index in [1.165, 1.54) is 24.3 Å². The zero-order chi connectivity index (χ0) is 33.7. The largest absolute Gasteiger partial charge is 0.419 e. The molecule has 0 radical (unpaired) electrons. The number of ether oxygens (including phenoxy) is 7. The SMILES string of the molecule is N[C@H]1[C@@H](OC2[C@@H](CO)O[C@@H](OC3[C@@H](CO)O[C@@H](O)[C@H](N)[C@H]3O)[C@H](N)[C@H]2O)O[C@]2(CO)OC(=O)c3ccccc3C(=O)O[C@@]2(O)[C@@H]1O. The quantitative estimate of drug-likeness (QED) is 0.121. The molecule has 2 unspecified atom stereocenters. The first-order valence-electron chi connectivity index (χ1n) is 14.1. The number of esters is 2. The lowest BCUT2D eigenvalue weighted by Crippen LogP contribution is -2.79. The van der Waals surface area contributed by atoms with Crippen molar-refractivity contribution in [3.05, 3.63) is 35.4 Å². The summed E-state index contributed by atoms with van der Waals surface area (Å²) in [6.07, 6.45) is -16.8. The number of hydrogen-bond donors (Lipinski definition) is 11. The highest BCUT2D eigenvalue weighted by atomic mass is 16.8. The van der Waals surface area contributed by atoms with Crippen LogP contribution in [0.25, 0.3) is 0 Å². The van der Waals surface area contributed by atoms with Gasteiger partial charge in [0.1, 0.15) is 49.3 Å². The minimum absolute atomic E-state index is 0.325. The second-order valence-electron chi connectivity index (χ2n) is 11.3. The van der Waals surface area contributed by atoms with Gasteiger partial charge in [0.15, 0.2) is 18.9 Å². The van der Waals surface area contributed by atoms with Crippen LogP contribution in [0.3, 0.4) is 0 Å². The van der Waals surface area contributed by atoms with Gasteiger partial charge in [0, 0.05) is 0 Å². The molecule has 1 aromatic carbocycles. The molecule has 4 aliphatic heterocycles. The summed E-state index contributed by atoms with van der Waals surface area (Å²) in [5.41, 5.74) is 17.3. The second kappa shape index (κ2) is 13.2. The van der Waals surface area contributed by atoms with Gasteiger partial charge in [0.05, 0.1) is 42.5 Å². The van der Waals surface area contributed by atoms with Crippen LogP contribution in [0.15, 0.2) is 24.3 Å². The molecule has 5 rings (SSSR count). The summed E-state index contributed by atoms with van der Waals surface area (Å²) in [5.74, 6) is -8.87. The van der Waals surface area contributed by atoms with Crippen LogP contribution in [0.2, 0.25) is 0 Å². The Morgan fingerprint density at radius 1 is 0.739 bits per heavy atom. The summed E-state index contributed by atoms with van der Waals surface area (Å²) in [6.45, 7) is -3.01. The zero-order valence-electron chi connectivity index (χ0n) is 23.9. The highest BCUT2D eigenvalue weighted by molar-refractivity contribution is 6.03. The Labute approximate surface area is 259 Å². The number of aliphatic hydroxyl groups is 8. The van der Waals surface area contributed by atoms with Gasteiger partial charge in [0.25, 0.3) is 0 Å². The Balaban J connectivity index is 1.38. The number of hydrogen-bond acceptors (Lipinski definition) is 20. The number of rotatable bonds is 7. The second-order valence-corrected chi connectivity index (χ2v) is 11.3. The number of fused-ring (bicyclic) bond motifs is 2. The third-order valence-electron chi connectivity index (χ3n) is 8.42. The summed E-state index contributed by atoms with van der Waals surface area (Å²) in [4.78, 5) is 26.0. The van der Waals surface area contributed by atoms with Crippen molar-refractivity contribution < 1.29 is 83.6 Å². The van der Waals surface area contributed by atoms with E-state index in [1.807, 2.05) is 0 Å². The fourth-order valence-electron chi connectivity index (χ4n) is 5.72. The highest BCUT2D eigenvalue weighted by Crippen LogP contribution is 2.43. The van der Waals surface area contributed by atoms with E-state index in [0.717, 1.165) is 0 Å². The van der Waals surface area contributed by atoms with Gasteiger partial charge in [-0.15, -0.1) is 0 Å². The molecule has 0 saturated carbocycles. The molecule has 1 aromatic rings. The van der Waals surface area contributed by atoms with Crippen molar-refractivity contribution in [2.45, 2.75) is 91.3 Å². The topological polar surface area (TPSA) is 339 Å². The molecule has 4 heterocycles. The normalized spacial score (nSPS) is 46.3. The Kier molecular flexibility index (Phi) is 10.00. The first-order chi connectivity index (χ1) is 21.7. The first-order valence-corrected chi connectivity index (χ1v) is 14.1. The van der Waals surface area contributed by atoms with Gasteiger partial charge >= 0.3 is 23.5 Å². The summed E-state index contributed by atoms with van der Waals surface area (Å²) < 4.78 is 38.3. The predicted molar refractivity (Wildman–Crippen MR) is 142 cm³/mol. The number of nitrogens with two attached hydrogens (primary N) is 3. The van der Waals surface area contributed by atoms with Crippen LogP contribution in [0, 0.1) is 0 Å². The highest BCUT2D eigenvalue weighted by Gasteiger charge is 2.71. The fraction of sp³-hybridized carbons (Fsp3) is 0.692. The molecule has 20 nitrogen and oxygen atoms in total. The van der Waals surface area contributed by atoms with E-state index < -0.39 is 123 Å². The molecule has 20 heteroatoms. The predicted octanol–water partition coefficient (Wildman–Crippen LogP) is -6.99. The number of carbonyl (C=O) groups is 2. The van der Waals surface area contributed by atoms with Gasteiger partial charge in [-0.05, 0) is 12.1 Å². The minimum atomic E-state index is -3.28. The standard InChI is InChI=1S/C26H37N3O17/c27-12-15(33)17(10(5-30)40-22(12)38)42-23-13(28)16(34)18(11(6-31)41-23)43-24-14(29)19(35)26(39)25(7-32,46-24)44-20(36)8-3-1-2-4-9(8)21(37)45-26/h1-4,10-19,22-24,30-35,38-39H,5-7,27-29H2/t10-,11-,12-,13-,14-,15-,16-,17?,18?,19-,22-,23+,24+,25+,26+/m1/s1. The third kappa shape index (κ3) is 5.68. The molecule has 15 atom stereocenters. The Morgan fingerprint density at radius 3 is 1.83 bits per heavy atom. The number of benzene rings is 1. The van der Waals surface area contributed by atoms with E-state index in [2.05, 4.69) is 0 Å². The van der Waals surface area contributed by atoms with Gasteiger partial charge in [-0.2, -0.15) is 0 Å². The molecule has 0 amide bonds. The van der Waals surface area contributed by atoms with Crippen molar-refractivity contribution in [2.24, 2.45) is 17.2 Å². The molecule has 0 aromatic heterocycles. The van der Waals surface area contributed by atoms with E-state index in [4.69, 9.17) is 50.4 Å². The van der Waals surface area contributed by atoms with Gasteiger partial charge in [-0.25, -0.2) is 9.59 Å². The average molecular weight is 664 g/mol. The fourth-order valence-corrected chi connectivity index (χ4v) is 5.72. The van der Waals surface area contributed by atoms with Crippen LogP contribution in [-0.4, -0.2) is 164 Å². The van der Waals surface area contributed by atoms with Crippen molar-refractivity contribution in [1.29, 1.82) is 0 Å². The van der Waals surface area contributed by atoms with Crippen LogP contribution in [0.5, 0.6) is 0 Å². The van der Waals surface area contributed by atoms with E-state index in [0.29, 0.717) is 0 Å². The Bertz CT molecular complexity index is 1270. The van der Waals surface area contributed by atoms with Crippen LogP contribution in [0.1, 0.15) is 20.7 Å². The van der Waals surface area contributed by atoms with E-state index in [9.17, 15) is 50.4 Å². The Morgan fingerprint density at radius 2 is 1.26 bits per heavy atom. The van der Waals surface area contributed by atoms with Gasteiger partial charge in [-0.3, -0.25) is 0 Å². The molecule has 4 aliphatic rings. The number of aliphatic hydroxyl groups excluding tert-OH is 7. The first kappa shape index (κ1) is 34.8. The monoisotopic (exact) mass is 663 g/mol. The van der Waals surface area contributed by atoms with Gasteiger partial charge in [0.2, 0.25) is 0 Å². The lowest BCUT2D eigenvalue weighted by molar-refractivity contribution is -0.463. The smallest absolute Gasteiger partial charge is 0.341 e. The van der Waals surface area contributed by atoms with Crippen LogP contribution in [-0.2, 0) is 33.2 Å². The average Bonchev–Trinajstić information content (AvgIpc) is 3.04. The Hall–Kier alpha value is -2.48. The maximum absolute atomic E-state index is 13.1. The van der Waals surface area contributed by atoms with Crippen molar-refractivity contribution in [2.75, 3.05) is 19.8 Å². The van der Waals surface area contributed by atoms with Crippen molar-refractivity contribution in [3.63, 3.8) is 0 Å². The summed E-state index contributed by atoms with van der Waals surface area (Å²) >= 11 is 0. The van der Waals surface area contributed by atoms with Crippen LogP contribution >= 0.6 is 0 Å². The molecule has 258 valence electrons. The lowest BCUT2D eigenvalue weighted by atomic mass is 9.89. The molecule has 14 N–H and O–H groups in total. The maximum Gasteiger partial charge on any atom is 0.341 e. The molecule has 0 bridgehead atoms. The third-order valence-corrected chi connectivity index (χ3v) is 8.42. The zero-order valence-corrected chi connectivity index (χ0v) is 23.9. The minimum Gasteiger partial charge on any atom is -0.419 e.